The Morgan fingerprint density at radius 1 is 0.525 bits per heavy atom. The van der Waals surface area contributed by atoms with Gasteiger partial charge in [0.2, 0.25) is 0 Å². The van der Waals surface area contributed by atoms with Crippen LogP contribution in [0.1, 0.15) is 27.0 Å². The van der Waals surface area contributed by atoms with Crippen LogP contribution in [0, 0.1) is 22.7 Å². The van der Waals surface area contributed by atoms with E-state index in [1.807, 2.05) is 12.1 Å². The van der Waals surface area contributed by atoms with Crippen LogP contribution in [0.5, 0.6) is 11.5 Å². The molecule has 5 nitrogen and oxygen atoms in total. The van der Waals surface area contributed by atoms with Crippen molar-refractivity contribution in [3.8, 4) is 57.0 Å². The van der Waals surface area contributed by atoms with Gasteiger partial charge in [-0.15, -0.1) is 26.3 Å². The summed E-state index contributed by atoms with van der Waals surface area (Å²) in [5, 5.41) is 19.5. The second-order valence-corrected chi connectivity index (χ2v) is 8.58. The van der Waals surface area contributed by atoms with Gasteiger partial charge in [0.05, 0.1) is 23.3 Å². The number of carbonyl (C=O) groups is 1. The van der Waals surface area contributed by atoms with E-state index in [0.29, 0.717) is 33.4 Å². The fourth-order valence-electron chi connectivity index (χ4n) is 4.50. The number of alkyl halides is 6. The summed E-state index contributed by atoms with van der Waals surface area (Å²) in [6.07, 6.45) is -9.74. The number of rotatable bonds is 4. The highest BCUT2D eigenvalue weighted by Gasteiger charge is 2.33. The Morgan fingerprint density at radius 3 is 1.18 bits per heavy atom. The first-order valence-corrected chi connectivity index (χ1v) is 11.3. The van der Waals surface area contributed by atoms with Gasteiger partial charge in [0.1, 0.15) is 11.5 Å². The molecule has 0 aliphatic heterocycles. The summed E-state index contributed by atoms with van der Waals surface area (Å²) in [4.78, 5) is 13.2. The molecule has 1 aliphatic rings. The lowest BCUT2D eigenvalue weighted by Gasteiger charge is -2.12. The lowest BCUT2D eigenvalue weighted by atomic mass is 9.92. The molecule has 4 aromatic carbocycles. The van der Waals surface area contributed by atoms with Crippen molar-refractivity contribution in [2.45, 2.75) is 12.7 Å². The number of nitriles is 2. The van der Waals surface area contributed by atoms with Crippen LogP contribution in [0.15, 0.2) is 72.8 Å². The van der Waals surface area contributed by atoms with E-state index in [1.54, 1.807) is 12.1 Å². The predicted molar refractivity (Wildman–Crippen MR) is 129 cm³/mol. The molecule has 40 heavy (non-hydrogen) atoms. The number of carbonyl (C=O) groups excluding carboxylic acids is 1. The predicted octanol–water partition coefficient (Wildman–Crippen LogP) is 7.77. The SMILES string of the molecule is N#Cc1cc2c(cc1-c1ccc(OC(F)(F)F)cc1)-c1cc(-c3ccc(OC(F)(F)F)cc3)c(C#N)cc1C2=O. The smallest absolute Gasteiger partial charge is 0.406 e. The van der Waals surface area contributed by atoms with Gasteiger partial charge in [-0.25, -0.2) is 0 Å². The molecule has 1 aliphatic carbocycles. The maximum absolute atomic E-state index is 13.2. The van der Waals surface area contributed by atoms with Crippen molar-refractivity contribution < 1.29 is 40.6 Å². The number of nitrogens with zero attached hydrogens (tertiary/aromatic N) is 2. The third-order valence-corrected chi connectivity index (χ3v) is 6.13. The molecule has 11 heteroatoms. The largest absolute Gasteiger partial charge is 0.573 e. The van der Waals surface area contributed by atoms with E-state index < -0.39 is 30.0 Å². The van der Waals surface area contributed by atoms with E-state index in [1.165, 1.54) is 36.4 Å². The fourth-order valence-corrected chi connectivity index (χ4v) is 4.50. The van der Waals surface area contributed by atoms with Crippen LogP contribution in [0.25, 0.3) is 33.4 Å². The number of benzene rings is 4. The van der Waals surface area contributed by atoms with E-state index in [0.717, 1.165) is 24.3 Å². The molecule has 4 aromatic rings. The summed E-state index contributed by atoms with van der Waals surface area (Å²) >= 11 is 0. The minimum Gasteiger partial charge on any atom is -0.406 e. The van der Waals surface area contributed by atoms with Crippen molar-refractivity contribution in [2.24, 2.45) is 0 Å². The molecule has 198 valence electrons. The molecule has 0 heterocycles. The Labute approximate surface area is 222 Å². The minimum absolute atomic E-state index is 0.102. The normalized spacial score (nSPS) is 12.2. The molecule has 0 N–H and O–H groups in total. The molecule has 0 spiro atoms. The molecule has 0 aromatic heterocycles. The molecule has 0 bridgehead atoms. The molecule has 0 fully saturated rings. The number of hydrogen-bond donors (Lipinski definition) is 0. The van der Waals surface area contributed by atoms with Crippen LogP contribution in [-0.4, -0.2) is 18.5 Å². The van der Waals surface area contributed by atoms with Gasteiger partial charge in [-0.3, -0.25) is 4.79 Å². The molecule has 5 rings (SSSR count). The van der Waals surface area contributed by atoms with E-state index >= 15 is 0 Å². The van der Waals surface area contributed by atoms with Gasteiger partial charge in [-0.2, -0.15) is 10.5 Å². The Balaban J connectivity index is 1.60. The Hall–Kier alpha value is -5.29. The second kappa shape index (κ2) is 9.47. The molecular weight excluding hydrogens is 538 g/mol. The standard InChI is InChI=1S/C29H12F6N2O3/c30-28(31,32)39-19-5-1-15(2-6-19)21-11-23-24-12-22(16-3-7-20(8-4-16)40-29(33,34)35)18(14-37)10-26(24)27(38)25(23)9-17(21)13-36/h1-12H. The van der Waals surface area contributed by atoms with Gasteiger partial charge in [0.15, 0.2) is 5.78 Å². The molecule has 0 amide bonds. The maximum Gasteiger partial charge on any atom is 0.573 e. The van der Waals surface area contributed by atoms with Gasteiger partial charge < -0.3 is 9.47 Å². The minimum atomic E-state index is -4.87. The van der Waals surface area contributed by atoms with Crippen LogP contribution < -0.4 is 9.47 Å². The molecular formula is C29H12F6N2O3. The molecule has 0 saturated heterocycles. The summed E-state index contributed by atoms with van der Waals surface area (Å²) in [6.45, 7) is 0. The highest BCUT2D eigenvalue weighted by Crippen LogP contribution is 2.43. The Bertz CT molecular complexity index is 1620. The van der Waals surface area contributed by atoms with Gasteiger partial charge >= 0.3 is 12.7 Å². The summed E-state index contributed by atoms with van der Waals surface area (Å²) in [5.74, 6) is -1.33. The van der Waals surface area contributed by atoms with Crippen LogP contribution in [0.2, 0.25) is 0 Å². The summed E-state index contributed by atoms with van der Waals surface area (Å²) in [6, 6.07) is 19.6. The Morgan fingerprint density at radius 2 is 0.875 bits per heavy atom. The molecule has 0 radical (unpaired) electrons. The van der Waals surface area contributed by atoms with E-state index in [2.05, 4.69) is 9.47 Å². The fraction of sp³-hybridized carbons (Fsp3) is 0.0690. The van der Waals surface area contributed by atoms with Crippen LogP contribution in [0.4, 0.5) is 26.3 Å². The third-order valence-electron chi connectivity index (χ3n) is 6.13. The lowest BCUT2D eigenvalue weighted by molar-refractivity contribution is -0.275. The molecule has 0 unspecified atom stereocenters. The van der Waals surface area contributed by atoms with E-state index in [-0.39, 0.29) is 22.3 Å². The van der Waals surface area contributed by atoms with Gasteiger partial charge in [-0.1, -0.05) is 24.3 Å². The molecule has 0 saturated carbocycles. The van der Waals surface area contributed by atoms with Gasteiger partial charge in [0, 0.05) is 22.3 Å². The first kappa shape index (κ1) is 26.3. The van der Waals surface area contributed by atoms with Crippen LogP contribution in [0.3, 0.4) is 0 Å². The summed E-state index contributed by atoms with van der Waals surface area (Å²) in [7, 11) is 0. The van der Waals surface area contributed by atoms with Gasteiger partial charge in [0.25, 0.3) is 0 Å². The quantitative estimate of drug-likeness (QED) is 0.214. The number of ketones is 1. The van der Waals surface area contributed by atoms with Crippen molar-refractivity contribution in [1.82, 2.24) is 0 Å². The van der Waals surface area contributed by atoms with Crippen LogP contribution >= 0.6 is 0 Å². The first-order chi connectivity index (χ1) is 18.9. The van der Waals surface area contributed by atoms with Crippen molar-refractivity contribution in [3.05, 3.63) is 95.1 Å². The lowest BCUT2D eigenvalue weighted by Crippen LogP contribution is -2.16. The van der Waals surface area contributed by atoms with E-state index in [4.69, 9.17) is 0 Å². The summed E-state index contributed by atoms with van der Waals surface area (Å²) < 4.78 is 83.0. The maximum atomic E-state index is 13.2. The van der Waals surface area contributed by atoms with Crippen molar-refractivity contribution in [1.29, 1.82) is 10.5 Å². The topological polar surface area (TPSA) is 83.1 Å². The average molecular weight is 550 g/mol. The summed E-state index contributed by atoms with van der Waals surface area (Å²) in [5.41, 5.74) is 2.92. The zero-order chi connectivity index (χ0) is 28.8. The van der Waals surface area contributed by atoms with Gasteiger partial charge in [-0.05, 0) is 70.8 Å². The average Bonchev–Trinajstić information content (AvgIpc) is 3.16. The monoisotopic (exact) mass is 550 g/mol. The highest BCUT2D eigenvalue weighted by molar-refractivity contribution is 6.23. The van der Waals surface area contributed by atoms with Crippen LogP contribution in [-0.2, 0) is 0 Å². The zero-order valence-electron chi connectivity index (χ0n) is 19.8. The zero-order valence-corrected chi connectivity index (χ0v) is 19.8. The van der Waals surface area contributed by atoms with Crippen molar-refractivity contribution >= 4 is 5.78 Å². The molecule has 0 atom stereocenters. The Kier molecular flexibility index (Phi) is 6.23. The highest BCUT2D eigenvalue weighted by atomic mass is 19.4. The van der Waals surface area contributed by atoms with E-state index in [9.17, 15) is 41.7 Å². The van der Waals surface area contributed by atoms with Crippen molar-refractivity contribution in [3.63, 3.8) is 0 Å². The first-order valence-electron chi connectivity index (χ1n) is 11.3. The number of hydrogen-bond acceptors (Lipinski definition) is 5. The second-order valence-electron chi connectivity index (χ2n) is 8.58. The number of halogens is 6. The van der Waals surface area contributed by atoms with Crippen molar-refractivity contribution in [2.75, 3.05) is 0 Å². The number of ether oxygens (including phenoxy) is 2. The number of fused-ring (bicyclic) bond motifs is 3. The third kappa shape index (κ3) is 5.05.